The maximum atomic E-state index is 13.2. The van der Waals surface area contributed by atoms with Crippen LogP contribution in [-0.4, -0.2) is 34.8 Å². The number of anilines is 1. The summed E-state index contributed by atoms with van der Waals surface area (Å²) in [5, 5.41) is 4.25. The smallest absolute Gasteiger partial charge is 0.266 e. The molecule has 7 heteroatoms. The van der Waals surface area contributed by atoms with E-state index in [9.17, 15) is 9.59 Å². The van der Waals surface area contributed by atoms with Gasteiger partial charge in [-0.1, -0.05) is 48.9 Å². The van der Waals surface area contributed by atoms with Crippen LogP contribution in [0.15, 0.2) is 48.5 Å². The Morgan fingerprint density at radius 3 is 2.60 bits per heavy atom. The molecule has 3 rings (SSSR count). The summed E-state index contributed by atoms with van der Waals surface area (Å²) < 4.78 is 0. The Labute approximate surface area is 185 Å². The summed E-state index contributed by atoms with van der Waals surface area (Å²) in [6.07, 6.45) is 0.752. The first kappa shape index (κ1) is 22.0. The molecule has 2 amide bonds. The molecule has 1 aromatic heterocycles. The minimum Gasteiger partial charge on any atom is -0.329 e. The molecule has 30 heavy (non-hydrogen) atoms. The average molecular weight is 442 g/mol. The molecule has 0 aliphatic rings. The normalized spacial score (nSPS) is 10.7. The zero-order valence-electron chi connectivity index (χ0n) is 17.2. The highest BCUT2D eigenvalue weighted by Crippen LogP contribution is 2.30. The Morgan fingerprint density at radius 1 is 1.13 bits per heavy atom. The predicted octanol–water partition coefficient (Wildman–Crippen LogP) is 5.57. The molecule has 156 valence electrons. The van der Waals surface area contributed by atoms with Crippen molar-refractivity contribution in [2.45, 2.75) is 27.2 Å². The first-order valence-corrected chi connectivity index (χ1v) is 11.0. The summed E-state index contributed by atoms with van der Waals surface area (Å²) in [4.78, 5) is 32.5. The van der Waals surface area contributed by atoms with Gasteiger partial charge in [-0.05, 0) is 44.0 Å². The predicted molar refractivity (Wildman–Crippen MR) is 123 cm³/mol. The van der Waals surface area contributed by atoms with Gasteiger partial charge in [-0.25, -0.2) is 4.98 Å². The van der Waals surface area contributed by atoms with Crippen molar-refractivity contribution in [2.24, 2.45) is 0 Å². The van der Waals surface area contributed by atoms with E-state index in [4.69, 9.17) is 11.6 Å². The highest BCUT2D eigenvalue weighted by atomic mass is 35.5. The third-order valence-electron chi connectivity index (χ3n) is 4.60. The Morgan fingerprint density at radius 2 is 1.90 bits per heavy atom. The zero-order valence-corrected chi connectivity index (χ0v) is 18.8. The molecule has 0 aliphatic carbocycles. The van der Waals surface area contributed by atoms with E-state index in [0.717, 1.165) is 28.2 Å². The van der Waals surface area contributed by atoms with Crippen molar-refractivity contribution in [2.75, 3.05) is 18.4 Å². The maximum Gasteiger partial charge on any atom is 0.266 e. The molecule has 0 spiro atoms. The Kier molecular flexibility index (Phi) is 7.24. The second-order valence-electron chi connectivity index (χ2n) is 7.03. The van der Waals surface area contributed by atoms with Gasteiger partial charge in [-0.3, -0.25) is 9.59 Å². The number of carbonyl (C=O) groups is 2. The largest absolute Gasteiger partial charge is 0.329 e. The summed E-state index contributed by atoms with van der Waals surface area (Å²) in [5.41, 5.74) is 3.25. The quantitative estimate of drug-likeness (QED) is 0.521. The number of carbonyl (C=O) groups excluding carboxylic acids is 2. The number of thiazole rings is 1. The van der Waals surface area contributed by atoms with Crippen LogP contribution in [0.5, 0.6) is 0 Å². The number of aromatic nitrogens is 1. The van der Waals surface area contributed by atoms with Crippen LogP contribution in [0.3, 0.4) is 0 Å². The van der Waals surface area contributed by atoms with Crippen LogP contribution in [-0.2, 0) is 4.79 Å². The molecule has 0 aliphatic heterocycles. The number of amides is 2. The number of nitrogens with one attached hydrogen (secondary N) is 1. The van der Waals surface area contributed by atoms with E-state index in [2.05, 4.69) is 10.3 Å². The fourth-order valence-corrected chi connectivity index (χ4v) is 4.30. The third kappa shape index (κ3) is 5.26. The average Bonchev–Trinajstić information content (AvgIpc) is 3.10. The van der Waals surface area contributed by atoms with E-state index in [1.165, 1.54) is 11.3 Å². The Hall–Kier alpha value is -2.70. The molecule has 1 N–H and O–H groups in total. The minimum atomic E-state index is -0.219. The highest BCUT2D eigenvalue weighted by molar-refractivity contribution is 7.17. The van der Waals surface area contributed by atoms with E-state index in [-0.39, 0.29) is 18.4 Å². The molecule has 0 fully saturated rings. The highest BCUT2D eigenvalue weighted by Gasteiger charge is 2.23. The van der Waals surface area contributed by atoms with E-state index in [1.807, 2.05) is 63.2 Å². The molecule has 0 radical (unpaired) electrons. The molecular weight excluding hydrogens is 418 g/mol. The van der Waals surface area contributed by atoms with E-state index < -0.39 is 0 Å². The summed E-state index contributed by atoms with van der Waals surface area (Å²) in [7, 11) is 0. The lowest BCUT2D eigenvalue weighted by Crippen LogP contribution is -2.38. The lowest BCUT2D eigenvalue weighted by molar-refractivity contribution is -0.116. The summed E-state index contributed by atoms with van der Waals surface area (Å²) >= 11 is 7.41. The summed E-state index contributed by atoms with van der Waals surface area (Å²) in [6.45, 7) is 6.21. The van der Waals surface area contributed by atoms with E-state index in [1.54, 1.807) is 11.0 Å². The standard InChI is InChI=1S/C23H24ClN3O2S/c1-4-12-27(14-20(28)26-19-11-6-5-8-15(19)2)23(29)21-16(3)25-22(30-21)17-9-7-10-18(24)13-17/h5-11,13H,4,12,14H2,1-3H3,(H,26,28). The molecule has 5 nitrogen and oxygen atoms in total. The number of aryl methyl sites for hydroxylation is 2. The van der Waals surface area contributed by atoms with Gasteiger partial charge in [0.2, 0.25) is 5.91 Å². The van der Waals surface area contributed by atoms with Gasteiger partial charge in [0.25, 0.3) is 5.91 Å². The monoisotopic (exact) mass is 441 g/mol. The van der Waals surface area contributed by atoms with Crippen molar-refractivity contribution in [1.29, 1.82) is 0 Å². The Bertz CT molecular complexity index is 1060. The van der Waals surface area contributed by atoms with Crippen molar-refractivity contribution < 1.29 is 9.59 Å². The van der Waals surface area contributed by atoms with Crippen LogP contribution in [0.4, 0.5) is 5.69 Å². The molecule has 3 aromatic rings. The van der Waals surface area contributed by atoms with E-state index >= 15 is 0 Å². The van der Waals surface area contributed by atoms with E-state index in [0.29, 0.717) is 22.1 Å². The lowest BCUT2D eigenvalue weighted by Gasteiger charge is -2.21. The van der Waals surface area contributed by atoms with Gasteiger partial charge >= 0.3 is 0 Å². The van der Waals surface area contributed by atoms with Crippen molar-refractivity contribution in [3.8, 4) is 10.6 Å². The number of nitrogens with zero attached hydrogens (tertiary/aromatic N) is 2. The van der Waals surface area contributed by atoms with Gasteiger partial charge in [-0.2, -0.15) is 0 Å². The number of hydrogen-bond acceptors (Lipinski definition) is 4. The van der Waals surface area contributed by atoms with Crippen molar-refractivity contribution in [3.05, 3.63) is 69.7 Å². The van der Waals surface area contributed by atoms with Crippen LogP contribution < -0.4 is 5.32 Å². The SMILES string of the molecule is CCCN(CC(=O)Nc1ccccc1C)C(=O)c1sc(-c2cccc(Cl)c2)nc1C. The van der Waals surface area contributed by atoms with Crippen LogP contribution >= 0.6 is 22.9 Å². The van der Waals surface area contributed by atoms with Crippen LogP contribution in [0.1, 0.15) is 34.3 Å². The Balaban J connectivity index is 1.78. The third-order valence-corrected chi connectivity index (χ3v) is 6.03. The van der Waals surface area contributed by atoms with Gasteiger partial charge in [0.15, 0.2) is 0 Å². The molecule has 0 saturated carbocycles. The number of benzene rings is 2. The molecular formula is C23H24ClN3O2S. The van der Waals surface area contributed by atoms with Crippen LogP contribution in [0.2, 0.25) is 5.02 Å². The summed E-state index contributed by atoms with van der Waals surface area (Å²) in [6, 6.07) is 15.0. The molecule has 0 atom stereocenters. The summed E-state index contributed by atoms with van der Waals surface area (Å²) in [5.74, 6) is -0.400. The maximum absolute atomic E-state index is 13.2. The molecule has 0 unspecified atom stereocenters. The number of rotatable bonds is 7. The van der Waals surface area contributed by atoms with Crippen LogP contribution in [0.25, 0.3) is 10.6 Å². The zero-order chi connectivity index (χ0) is 21.7. The number of hydrogen-bond donors (Lipinski definition) is 1. The second-order valence-corrected chi connectivity index (χ2v) is 8.47. The fourth-order valence-electron chi connectivity index (χ4n) is 3.08. The van der Waals surface area contributed by atoms with Crippen molar-refractivity contribution >= 4 is 40.4 Å². The van der Waals surface area contributed by atoms with Crippen LogP contribution in [0, 0.1) is 13.8 Å². The first-order valence-electron chi connectivity index (χ1n) is 9.77. The number of halogens is 1. The van der Waals surface area contributed by atoms with Gasteiger partial charge < -0.3 is 10.2 Å². The van der Waals surface area contributed by atoms with Gasteiger partial charge in [0, 0.05) is 22.8 Å². The van der Waals surface area contributed by atoms with Gasteiger partial charge in [0.05, 0.1) is 5.69 Å². The molecule has 0 bridgehead atoms. The second kappa shape index (κ2) is 9.87. The number of para-hydroxylation sites is 1. The topological polar surface area (TPSA) is 62.3 Å². The fraction of sp³-hybridized carbons (Fsp3) is 0.261. The minimum absolute atomic E-state index is 0.00908. The molecule has 0 saturated heterocycles. The van der Waals surface area contributed by atoms with Gasteiger partial charge in [-0.15, -0.1) is 11.3 Å². The van der Waals surface area contributed by atoms with Gasteiger partial charge in [0.1, 0.15) is 16.4 Å². The molecule has 2 aromatic carbocycles. The molecule has 1 heterocycles. The lowest BCUT2D eigenvalue weighted by atomic mass is 10.2. The first-order chi connectivity index (χ1) is 14.4. The van der Waals surface area contributed by atoms with Crippen molar-refractivity contribution in [3.63, 3.8) is 0 Å². The van der Waals surface area contributed by atoms with Crippen molar-refractivity contribution in [1.82, 2.24) is 9.88 Å².